The van der Waals surface area contributed by atoms with Crippen molar-refractivity contribution in [3.8, 4) is 11.8 Å². The molecule has 1 aliphatic rings. The largest absolute Gasteiger partial charge is 0.480 e. The van der Waals surface area contributed by atoms with Crippen molar-refractivity contribution in [3.05, 3.63) is 41.1 Å². The maximum atomic E-state index is 12.7. The minimum absolute atomic E-state index is 0.0000581. The number of carbonyl (C=O) groups excluding carboxylic acids is 2. The van der Waals surface area contributed by atoms with Crippen molar-refractivity contribution in [1.29, 1.82) is 0 Å². The molecule has 2 amide bonds. The van der Waals surface area contributed by atoms with Crippen LogP contribution >= 0.6 is 0 Å². The number of halogens is 2. The van der Waals surface area contributed by atoms with Gasteiger partial charge in [0.05, 0.1) is 7.11 Å². The SMILES string of the molecule is COc1nc(OCC(F)F)c(C(C)c2ccnc(NC(=O)C3CC3)c2)cc1C(N)=O. The predicted molar refractivity (Wildman–Crippen MR) is 104 cm³/mol. The number of anilines is 1. The molecule has 1 atom stereocenters. The summed E-state index contributed by atoms with van der Waals surface area (Å²) < 4.78 is 35.6. The lowest BCUT2D eigenvalue weighted by Gasteiger charge is -2.19. The lowest BCUT2D eigenvalue weighted by Crippen LogP contribution is -2.17. The van der Waals surface area contributed by atoms with E-state index < -0.39 is 24.9 Å². The molecule has 0 aromatic carbocycles. The van der Waals surface area contributed by atoms with Gasteiger partial charge in [0.2, 0.25) is 17.7 Å². The molecule has 160 valence electrons. The highest BCUT2D eigenvalue weighted by atomic mass is 19.3. The summed E-state index contributed by atoms with van der Waals surface area (Å²) in [6.45, 7) is 0.913. The van der Waals surface area contributed by atoms with E-state index in [9.17, 15) is 18.4 Å². The van der Waals surface area contributed by atoms with Crippen LogP contribution in [0, 0.1) is 5.92 Å². The molecule has 0 spiro atoms. The number of pyridine rings is 2. The summed E-state index contributed by atoms with van der Waals surface area (Å²) in [6.07, 6.45) is 0.544. The molecule has 30 heavy (non-hydrogen) atoms. The lowest BCUT2D eigenvalue weighted by atomic mass is 9.93. The van der Waals surface area contributed by atoms with E-state index in [1.165, 1.54) is 19.4 Å². The molecule has 2 heterocycles. The molecule has 10 heteroatoms. The summed E-state index contributed by atoms with van der Waals surface area (Å²) in [5, 5.41) is 2.76. The van der Waals surface area contributed by atoms with Crippen LogP contribution in [0.4, 0.5) is 14.6 Å². The molecule has 3 N–H and O–H groups in total. The van der Waals surface area contributed by atoms with Gasteiger partial charge >= 0.3 is 0 Å². The van der Waals surface area contributed by atoms with E-state index in [-0.39, 0.29) is 29.1 Å². The van der Waals surface area contributed by atoms with Crippen LogP contribution in [-0.2, 0) is 4.79 Å². The smallest absolute Gasteiger partial charge is 0.272 e. The standard InChI is InChI=1S/C20H22F2N4O4/c1-10(12-5-6-24-16(7-12)25-18(28)11-3-4-11)13-8-14(17(23)27)19(29-2)26-20(13)30-9-15(21)22/h5-8,10-11,15H,3-4,9H2,1-2H3,(H2,23,27)(H,24,25,28). The van der Waals surface area contributed by atoms with Gasteiger partial charge in [0, 0.05) is 23.6 Å². The number of amides is 2. The number of nitrogens with zero attached hydrogens (tertiary/aromatic N) is 2. The zero-order valence-electron chi connectivity index (χ0n) is 16.5. The number of aromatic nitrogens is 2. The zero-order valence-corrected chi connectivity index (χ0v) is 16.5. The van der Waals surface area contributed by atoms with Crippen LogP contribution in [0.15, 0.2) is 24.4 Å². The minimum Gasteiger partial charge on any atom is -0.480 e. The minimum atomic E-state index is -2.71. The topological polar surface area (TPSA) is 116 Å². The Morgan fingerprint density at radius 3 is 2.63 bits per heavy atom. The third-order valence-corrected chi connectivity index (χ3v) is 4.74. The van der Waals surface area contributed by atoms with E-state index in [0.29, 0.717) is 16.9 Å². The van der Waals surface area contributed by atoms with Gasteiger partial charge in [-0.3, -0.25) is 9.59 Å². The van der Waals surface area contributed by atoms with Gasteiger partial charge in [0.15, 0.2) is 6.61 Å². The van der Waals surface area contributed by atoms with Crippen molar-refractivity contribution in [2.75, 3.05) is 19.0 Å². The fraction of sp³-hybridized carbons (Fsp3) is 0.400. The van der Waals surface area contributed by atoms with Crippen LogP contribution in [-0.4, -0.2) is 41.9 Å². The van der Waals surface area contributed by atoms with Crippen LogP contribution in [0.3, 0.4) is 0 Å². The molecule has 1 saturated carbocycles. The number of hydrogen-bond donors (Lipinski definition) is 2. The molecule has 1 fully saturated rings. The molecule has 2 aromatic rings. The Hall–Kier alpha value is -3.30. The van der Waals surface area contributed by atoms with Gasteiger partial charge < -0.3 is 20.5 Å². The fourth-order valence-corrected chi connectivity index (χ4v) is 2.93. The highest BCUT2D eigenvalue weighted by molar-refractivity contribution is 5.95. The maximum Gasteiger partial charge on any atom is 0.272 e. The molecule has 2 aromatic heterocycles. The van der Waals surface area contributed by atoms with Crippen LogP contribution in [0.5, 0.6) is 11.8 Å². The molecule has 0 bridgehead atoms. The first-order valence-corrected chi connectivity index (χ1v) is 9.36. The summed E-state index contributed by atoms with van der Waals surface area (Å²) >= 11 is 0. The number of rotatable bonds is 9. The van der Waals surface area contributed by atoms with E-state index in [1.807, 2.05) is 0 Å². The Morgan fingerprint density at radius 1 is 1.30 bits per heavy atom. The third-order valence-electron chi connectivity index (χ3n) is 4.74. The van der Waals surface area contributed by atoms with Gasteiger partial charge in [-0.05, 0) is 36.6 Å². The summed E-state index contributed by atoms with van der Waals surface area (Å²) in [6, 6.07) is 4.81. The Labute approximate surface area is 171 Å². The Balaban J connectivity index is 1.96. The van der Waals surface area contributed by atoms with Gasteiger partial charge in [-0.2, -0.15) is 4.98 Å². The van der Waals surface area contributed by atoms with Crippen molar-refractivity contribution in [2.24, 2.45) is 11.7 Å². The second-order valence-corrected chi connectivity index (χ2v) is 6.97. The Kier molecular flexibility index (Phi) is 6.43. The van der Waals surface area contributed by atoms with Gasteiger partial charge in [0.1, 0.15) is 11.4 Å². The van der Waals surface area contributed by atoms with E-state index in [2.05, 4.69) is 15.3 Å². The van der Waals surface area contributed by atoms with Gasteiger partial charge in [0.25, 0.3) is 12.3 Å². The highest BCUT2D eigenvalue weighted by Crippen LogP contribution is 2.35. The average Bonchev–Trinajstić information content (AvgIpc) is 3.56. The zero-order chi connectivity index (χ0) is 21.8. The van der Waals surface area contributed by atoms with Crippen LogP contribution in [0.1, 0.15) is 47.2 Å². The summed E-state index contributed by atoms with van der Waals surface area (Å²) in [5.74, 6) is -1.11. The Morgan fingerprint density at radius 2 is 2.03 bits per heavy atom. The molecule has 0 saturated heterocycles. The predicted octanol–water partition coefficient (Wildman–Crippen LogP) is 2.73. The van der Waals surface area contributed by atoms with Gasteiger partial charge in [-0.1, -0.05) is 6.92 Å². The first kappa shape index (κ1) is 21.4. The van der Waals surface area contributed by atoms with E-state index in [0.717, 1.165) is 12.8 Å². The second-order valence-electron chi connectivity index (χ2n) is 6.97. The molecular formula is C20H22F2N4O4. The van der Waals surface area contributed by atoms with E-state index in [4.69, 9.17) is 15.2 Å². The van der Waals surface area contributed by atoms with Crippen LogP contribution in [0.2, 0.25) is 0 Å². The monoisotopic (exact) mass is 420 g/mol. The van der Waals surface area contributed by atoms with E-state index >= 15 is 0 Å². The van der Waals surface area contributed by atoms with Crippen molar-refractivity contribution >= 4 is 17.6 Å². The second kappa shape index (κ2) is 9.02. The van der Waals surface area contributed by atoms with E-state index in [1.54, 1.807) is 19.1 Å². The van der Waals surface area contributed by atoms with Crippen LogP contribution in [0.25, 0.3) is 0 Å². The summed E-state index contributed by atoms with van der Waals surface area (Å²) in [5.41, 5.74) is 6.49. The quantitative estimate of drug-likeness (QED) is 0.644. The number of carbonyl (C=O) groups is 2. The number of hydrogen-bond acceptors (Lipinski definition) is 6. The molecule has 1 unspecified atom stereocenters. The molecule has 3 rings (SSSR count). The number of alkyl halides is 2. The summed E-state index contributed by atoms with van der Waals surface area (Å²) in [7, 11) is 1.28. The number of nitrogens with one attached hydrogen (secondary N) is 1. The van der Waals surface area contributed by atoms with Crippen LogP contribution < -0.4 is 20.5 Å². The van der Waals surface area contributed by atoms with Crippen molar-refractivity contribution in [1.82, 2.24) is 9.97 Å². The normalized spacial score (nSPS) is 14.3. The Bertz CT molecular complexity index is 950. The van der Waals surface area contributed by atoms with Crippen molar-refractivity contribution < 1.29 is 27.8 Å². The molecule has 8 nitrogen and oxygen atoms in total. The number of nitrogens with two attached hydrogens (primary N) is 1. The van der Waals surface area contributed by atoms with Crippen molar-refractivity contribution in [3.63, 3.8) is 0 Å². The average molecular weight is 420 g/mol. The molecule has 1 aliphatic carbocycles. The number of ether oxygens (including phenoxy) is 2. The molecule has 0 aliphatic heterocycles. The summed E-state index contributed by atoms with van der Waals surface area (Å²) in [4.78, 5) is 32.0. The fourth-order valence-electron chi connectivity index (χ4n) is 2.93. The molecular weight excluding hydrogens is 398 g/mol. The third kappa shape index (κ3) is 5.00. The molecule has 0 radical (unpaired) electrons. The van der Waals surface area contributed by atoms with Gasteiger partial charge in [-0.15, -0.1) is 0 Å². The highest BCUT2D eigenvalue weighted by Gasteiger charge is 2.30. The van der Waals surface area contributed by atoms with Gasteiger partial charge in [-0.25, -0.2) is 13.8 Å². The number of methoxy groups -OCH3 is 1. The number of primary amides is 1. The lowest BCUT2D eigenvalue weighted by molar-refractivity contribution is -0.117. The maximum absolute atomic E-state index is 12.7. The first-order valence-electron chi connectivity index (χ1n) is 9.36. The first-order chi connectivity index (χ1) is 14.3. The van der Waals surface area contributed by atoms with Crippen molar-refractivity contribution in [2.45, 2.75) is 32.1 Å².